The van der Waals surface area contributed by atoms with Crippen LogP contribution in [0.15, 0.2) is 30.3 Å². The first-order valence-electron chi connectivity index (χ1n) is 5.66. The fraction of sp³-hybridized carbons (Fsp3) is 0.455. The second-order valence-corrected chi connectivity index (χ2v) is 8.40. The van der Waals surface area contributed by atoms with Crippen LogP contribution in [0.3, 0.4) is 0 Å². The highest BCUT2D eigenvalue weighted by Crippen LogP contribution is 2.12. The summed E-state index contributed by atoms with van der Waals surface area (Å²) in [7, 11) is -7.00. The third-order valence-electron chi connectivity index (χ3n) is 2.48. The van der Waals surface area contributed by atoms with Crippen LogP contribution in [0.1, 0.15) is 11.6 Å². The zero-order valence-electron chi connectivity index (χ0n) is 10.6. The van der Waals surface area contributed by atoms with E-state index in [0.717, 1.165) is 11.8 Å². The summed E-state index contributed by atoms with van der Waals surface area (Å²) in [6.07, 6.45) is 1.00. The van der Waals surface area contributed by atoms with Crippen molar-refractivity contribution in [3.8, 4) is 0 Å². The minimum atomic E-state index is -3.68. The fourth-order valence-corrected chi connectivity index (χ4v) is 4.35. The molecule has 0 fully saturated rings. The highest BCUT2D eigenvalue weighted by molar-refractivity contribution is 7.93. The summed E-state index contributed by atoms with van der Waals surface area (Å²) < 4.78 is 48.0. The molecule has 0 spiro atoms. The van der Waals surface area contributed by atoms with Gasteiger partial charge in [0, 0.05) is 12.8 Å². The first-order chi connectivity index (χ1) is 8.73. The van der Waals surface area contributed by atoms with Crippen LogP contribution in [-0.4, -0.2) is 41.1 Å². The van der Waals surface area contributed by atoms with Gasteiger partial charge in [0.2, 0.25) is 10.0 Å². The van der Waals surface area contributed by atoms with E-state index in [0.29, 0.717) is 0 Å². The van der Waals surface area contributed by atoms with Gasteiger partial charge in [-0.15, -0.1) is 0 Å². The zero-order valence-corrected chi connectivity index (χ0v) is 12.2. The topological polar surface area (TPSA) is 106 Å². The van der Waals surface area contributed by atoms with Crippen molar-refractivity contribution in [3.63, 3.8) is 0 Å². The van der Waals surface area contributed by atoms with Gasteiger partial charge in [0.15, 0.2) is 0 Å². The predicted octanol–water partition coefficient (Wildman–Crippen LogP) is -0.350. The molecule has 0 aliphatic heterocycles. The molecule has 19 heavy (non-hydrogen) atoms. The molecule has 0 aliphatic carbocycles. The van der Waals surface area contributed by atoms with Gasteiger partial charge in [0.25, 0.3) is 0 Å². The molecule has 1 aromatic carbocycles. The molecule has 0 aromatic heterocycles. The summed E-state index contributed by atoms with van der Waals surface area (Å²) in [6.45, 7) is 0.0993. The first kappa shape index (κ1) is 16.1. The van der Waals surface area contributed by atoms with Gasteiger partial charge in [-0.2, -0.15) is 0 Å². The number of sulfone groups is 1. The Morgan fingerprint density at radius 2 is 1.68 bits per heavy atom. The second kappa shape index (κ2) is 6.47. The maximum atomic E-state index is 11.8. The van der Waals surface area contributed by atoms with E-state index >= 15 is 0 Å². The van der Waals surface area contributed by atoms with E-state index in [9.17, 15) is 16.8 Å². The van der Waals surface area contributed by atoms with Gasteiger partial charge in [0.05, 0.1) is 17.5 Å². The average molecular weight is 306 g/mol. The van der Waals surface area contributed by atoms with Crippen LogP contribution in [-0.2, 0) is 19.9 Å². The van der Waals surface area contributed by atoms with Crippen molar-refractivity contribution >= 4 is 19.9 Å². The molecule has 0 bridgehead atoms. The summed E-state index contributed by atoms with van der Waals surface area (Å²) in [5.74, 6) is -0.871. The zero-order chi connectivity index (χ0) is 14.5. The molecular weight excluding hydrogens is 288 g/mol. The largest absolute Gasteiger partial charge is 0.329 e. The lowest BCUT2D eigenvalue weighted by Crippen LogP contribution is -2.36. The number of hydrogen-bond acceptors (Lipinski definition) is 5. The number of nitrogens with one attached hydrogen (secondary N) is 1. The standard InChI is InChI=1S/C11H18N2O4S2/c1-18(14,15)7-8-19(16,17)13-11(9-12)10-5-3-2-4-6-10/h2-6,11,13H,7-9,12H2,1H3. The van der Waals surface area contributed by atoms with Gasteiger partial charge in [-0.25, -0.2) is 21.6 Å². The Hall–Kier alpha value is -0.960. The number of benzene rings is 1. The lowest BCUT2D eigenvalue weighted by atomic mass is 10.1. The summed E-state index contributed by atoms with van der Waals surface area (Å²) in [4.78, 5) is 0. The maximum Gasteiger partial charge on any atom is 0.213 e. The highest BCUT2D eigenvalue weighted by Gasteiger charge is 2.19. The van der Waals surface area contributed by atoms with Crippen molar-refractivity contribution in [2.24, 2.45) is 5.73 Å². The van der Waals surface area contributed by atoms with E-state index in [-0.39, 0.29) is 6.54 Å². The van der Waals surface area contributed by atoms with E-state index in [1.54, 1.807) is 24.3 Å². The molecule has 6 nitrogen and oxygen atoms in total. The SMILES string of the molecule is CS(=O)(=O)CCS(=O)(=O)NC(CN)c1ccccc1. The Labute approximate surface area is 114 Å². The predicted molar refractivity (Wildman–Crippen MR) is 74.9 cm³/mol. The average Bonchev–Trinajstić information content (AvgIpc) is 2.34. The normalized spacial score (nSPS) is 14.2. The Kier molecular flexibility index (Phi) is 5.48. The lowest BCUT2D eigenvalue weighted by Gasteiger charge is -2.17. The third kappa shape index (κ3) is 6.15. The third-order valence-corrected chi connectivity index (χ3v) is 5.07. The summed E-state index contributed by atoms with van der Waals surface area (Å²) in [6, 6.07) is 8.35. The second-order valence-electron chi connectivity index (χ2n) is 4.27. The lowest BCUT2D eigenvalue weighted by molar-refractivity contribution is 0.558. The van der Waals surface area contributed by atoms with Crippen molar-refractivity contribution in [1.82, 2.24) is 4.72 Å². The maximum absolute atomic E-state index is 11.8. The molecule has 8 heteroatoms. The van der Waals surface area contributed by atoms with Gasteiger partial charge >= 0.3 is 0 Å². The van der Waals surface area contributed by atoms with Gasteiger partial charge in [-0.1, -0.05) is 30.3 Å². The van der Waals surface area contributed by atoms with E-state index < -0.39 is 37.4 Å². The smallest absolute Gasteiger partial charge is 0.213 e. The van der Waals surface area contributed by atoms with Crippen LogP contribution < -0.4 is 10.5 Å². The highest BCUT2D eigenvalue weighted by atomic mass is 32.2. The molecular formula is C11H18N2O4S2. The molecule has 0 radical (unpaired) electrons. The van der Waals surface area contributed by atoms with E-state index in [2.05, 4.69) is 4.72 Å². The summed E-state index contributed by atoms with van der Waals surface area (Å²) >= 11 is 0. The number of rotatable bonds is 7. The molecule has 1 unspecified atom stereocenters. The molecule has 0 saturated carbocycles. The van der Waals surface area contributed by atoms with Crippen molar-refractivity contribution in [2.45, 2.75) is 6.04 Å². The summed E-state index contributed by atoms with van der Waals surface area (Å²) in [5, 5.41) is 0. The fourth-order valence-electron chi connectivity index (χ4n) is 1.47. The number of nitrogens with two attached hydrogens (primary N) is 1. The molecule has 0 aliphatic rings. The van der Waals surface area contributed by atoms with E-state index in [1.807, 2.05) is 6.07 Å². The van der Waals surface area contributed by atoms with Crippen LogP contribution in [0.2, 0.25) is 0 Å². The van der Waals surface area contributed by atoms with Crippen LogP contribution in [0.5, 0.6) is 0 Å². The first-order valence-corrected chi connectivity index (χ1v) is 9.37. The number of sulfonamides is 1. The van der Waals surface area contributed by atoms with Crippen LogP contribution in [0.4, 0.5) is 0 Å². The molecule has 0 amide bonds. The van der Waals surface area contributed by atoms with Crippen LogP contribution in [0, 0.1) is 0 Å². The van der Waals surface area contributed by atoms with Crippen molar-refractivity contribution in [1.29, 1.82) is 0 Å². The van der Waals surface area contributed by atoms with Crippen LogP contribution >= 0.6 is 0 Å². The van der Waals surface area contributed by atoms with E-state index in [4.69, 9.17) is 5.73 Å². The minimum absolute atomic E-state index is 0.0993. The molecule has 3 N–H and O–H groups in total. The van der Waals surface area contributed by atoms with Gasteiger partial charge in [-0.3, -0.25) is 0 Å². The Morgan fingerprint density at radius 1 is 1.11 bits per heavy atom. The van der Waals surface area contributed by atoms with Gasteiger partial charge < -0.3 is 5.73 Å². The monoisotopic (exact) mass is 306 g/mol. The minimum Gasteiger partial charge on any atom is -0.329 e. The molecule has 108 valence electrons. The molecule has 1 aromatic rings. The van der Waals surface area contributed by atoms with Crippen molar-refractivity contribution in [2.75, 3.05) is 24.3 Å². The Morgan fingerprint density at radius 3 is 2.16 bits per heavy atom. The Balaban J connectivity index is 2.76. The van der Waals surface area contributed by atoms with E-state index in [1.165, 1.54) is 0 Å². The molecule has 1 atom stereocenters. The van der Waals surface area contributed by atoms with Gasteiger partial charge in [-0.05, 0) is 5.56 Å². The Bertz CT molecular complexity index is 597. The molecule has 0 heterocycles. The molecule has 1 rings (SSSR count). The van der Waals surface area contributed by atoms with Gasteiger partial charge in [0.1, 0.15) is 9.84 Å². The quantitative estimate of drug-likeness (QED) is 0.716. The van der Waals surface area contributed by atoms with Crippen molar-refractivity contribution < 1.29 is 16.8 Å². The molecule has 0 saturated heterocycles. The number of hydrogen-bond donors (Lipinski definition) is 2. The summed E-state index contributed by atoms with van der Waals surface area (Å²) in [5.41, 5.74) is 6.29. The van der Waals surface area contributed by atoms with Crippen LogP contribution in [0.25, 0.3) is 0 Å². The van der Waals surface area contributed by atoms with Crippen molar-refractivity contribution in [3.05, 3.63) is 35.9 Å².